The van der Waals surface area contributed by atoms with Gasteiger partial charge in [-0.15, -0.1) is 0 Å². The summed E-state index contributed by atoms with van der Waals surface area (Å²) in [4.78, 5) is 20.8. The van der Waals surface area contributed by atoms with E-state index in [0.29, 0.717) is 0 Å². The number of amides is 2. The van der Waals surface area contributed by atoms with Crippen molar-refractivity contribution >= 4 is 18.9 Å². The molecule has 0 rings (SSSR count). The maximum atomic E-state index is 11.8. The quantitative estimate of drug-likeness (QED) is 0.487. The van der Waals surface area contributed by atoms with Crippen LogP contribution < -0.4 is 8.12 Å². The van der Waals surface area contributed by atoms with E-state index >= 15 is 0 Å². The third-order valence-corrected chi connectivity index (χ3v) is 6.24. The van der Waals surface area contributed by atoms with E-state index in [2.05, 4.69) is 0 Å². The molecule has 0 aromatic carbocycles. The summed E-state index contributed by atoms with van der Waals surface area (Å²) < 4.78 is 83.1. The van der Waals surface area contributed by atoms with Crippen LogP contribution in [0, 0.1) is 0 Å². The number of hydrogen-bond acceptors (Lipinski definition) is 4. The van der Waals surface area contributed by atoms with E-state index < -0.39 is 66.7 Å². The molecular weight excluding hydrogens is 408 g/mol. The van der Waals surface area contributed by atoms with Crippen molar-refractivity contribution < 1.29 is 78.3 Å². The van der Waals surface area contributed by atoms with Gasteiger partial charge in [0.15, 0.2) is 0 Å². The molecule has 15 heteroatoms. The fourth-order valence-electron chi connectivity index (χ4n) is 0.698. The number of carbonyl (C=O) groups excluding carboxylic acids is 2. The summed E-state index contributed by atoms with van der Waals surface area (Å²) in [6, 6.07) is 0. The van der Waals surface area contributed by atoms with Gasteiger partial charge in [0.2, 0.25) is 0 Å². The molecule has 0 radical (unpaired) electrons. The van der Waals surface area contributed by atoms with Crippen molar-refractivity contribution in [1.82, 2.24) is 8.12 Å². The third-order valence-electron chi connectivity index (χ3n) is 1.62. The molecule has 0 aliphatic carbocycles. The molecule has 0 aromatic heterocycles. The standard InChI is InChI=1S/2C2H2F3NO.CH3BO2.2Zn/c2*3-2(4,5)1(6)7;1-2(3)4;;/h2*(H2,6,7);1H3;;/q;;-2;2*+2/p-2. The van der Waals surface area contributed by atoms with Crippen molar-refractivity contribution in [2.24, 2.45) is 0 Å². The van der Waals surface area contributed by atoms with E-state index in [4.69, 9.17) is 6.96 Å². The van der Waals surface area contributed by atoms with E-state index in [-0.39, 0.29) is 0 Å². The Morgan fingerprint density at radius 3 is 1.45 bits per heavy atom. The Morgan fingerprint density at radius 2 is 1.20 bits per heavy atom. The van der Waals surface area contributed by atoms with E-state index in [1.54, 1.807) is 8.12 Å². The number of hydrogen-bond donors (Lipinski definition) is 2. The van der Waals surface area contributed by atoms with Gasteiger partial charge in [0.1, 0.15) is 0 Å². The Hall–Kier alpha value is -0.248. The molecule has 0 aliphatic heterocycles. The van der Waals surface area contributed by atoms with Gasteiger partial charge in [-0.1, -0.05) is 0 Å². The molecule has 6 nitrogen and oxygen atoms in total. The maximum absolute atomic E-state index is 11.8. The van der Waals surface area contributed by atoms with Crippen LogP contribution in [0.5, 0.6) is 0 Å². The molecule has 0 heterocycles. The predicted octanol–water partition coefficient (Wildman–Crippen LogP) is 0.320. The van der Waals surface area contributed by atoms with E-state index in [1.165, 1.54) is 6.82 Å². The zero-order valence-corrected chi connectivity index (χ0v) is 15.8. The van der Waals surface area contributed by atoms with Gasteiger partial charge in [0.25, 0.3) is 0 Å². The normalized spacial score (nSPS) is 11.2. The second-order valence-electron chi connectivity index (χ2n) is 3.20. The number of nitrogens with one attached hydrogen (secondary N) is 2. The van der Waals surface area contributed by atoms with Crippen molar-refractivity contribution in [3.8, 4) is 0 Å². The number of halogens is 6. The molecule has 0 bridgehead atoms. The van der Waals surface area contributed by atoms with Gasteiger partial charge < -0.3 is 0 Å². The molecule has 2 amide bonds. The Labute approximate surface area is 125 Å². The molecule has 108 valence electrons. The van der Waals surface area contributed by atoms with Crippen molar-refractivity contribution in [2.75, 3.05) is 0 Å². The first kappa shape index (κ1) is 19.8. The van der Waals surface area contributed by atoms with Crippen LogP contribution in [0.3, 0.4) is 0 Å². The van der Waals surface area contributed by atoms with Crippen molar-refractivity contribution in [2.45, 2.75) is 19.2 Å². The summed E-state index contributed by atoms with van der Waals surface area (Å²) in [5.41, 5.74) is 0. The predicted molar refractivity (Wildman–Crippen MR) is 42.2 cm³/mol. The second kappa shape index (κ2) is 8.26. The van der Waals surface area contributed by atoms with Gasteiger partial charge in [-0.05, 0) is 0 Å². The Kier molecular flexibility index (Phi) is 8.15. The molecule has 0 saturated carbocycles. The molecule has 0 aromatic rings. The first-order valence-electron chi connectivity index (χ1n) is 4.88. The Morgan fingerprint density at radius 1 is 0.900 bits per heavy atom. The molecule has 0 spiro atoms. The van der Waals surface area contributed by atoms with Crippen LogP contribution in [0.1, 0.15) is 0 Å². The minimum absolute atomic E-state index is 1.09. The van der Waals surface area contributed by atoms with Crippen LogP contribution in [0.25, 0.3) is 0 Å². The average molecular weight is 413 g/mol. The Balaban J connectivity index is 3.78. The summed E-state index contributed by atoms with van der Waals surface area (Å²) in [6.45, 7) is 1.23. The molecule has 0 fully saturated rings. The summed E-state index contributed by atoms with van der Waals surface area (Å²) in [5.74, 6) is -4.28. The van der Waals surface area contributed by atoms with Crippen molar-refractivity contribution in [1.29, 1.82) is 0 Å². The molecule has 20 heavy (non-hydrogen) atoms. The van der Waals surface area contributed by atoms with Gasteiger partial charge in [-0.3, -0.25) is 0 Å². The zero-order valence-electron chi connectivity index (χ0n) is 9.89. The second-order valence-corrected chi connectivity index (χ2v) is 7.29. The molecule has 0 saturated heterocycles. The van der Waals surface area contributed by atoms with E-state index in [0.717, 1.165) is 0 Å². The number of carbonyl (C=O) groups is 2. The third kappa shape index (κ3) is 8.83. The van der Waals surface area contributed by atoms with Crippen molar-refractivity contribution in [3.05, 3.63) is 0 Å². The molecule has 0 unspecified atom stereocenters. The molecule has 0 aliphatic rings. The molecule has 0 atom stereocenters. The molecular formula is C5H5BF6N2O4Zn2. The van der Waals surface area contributed by atoms with Gasteiger partial charge in [0.05, 0.1) is 0 Å². The van der Waals surface area contributed by atoms with Gasteiger partial charge in [-0.25, -0.2) is 0 Å². The summed E-state index contributed by atoms with van der Waals surface area (Å²) in [5, 5.41) is 0. The van der Waals surface area contributed by atoms with Crippen LogP contribution in [-0.2, 0) is 52.0 Å². The Bertz CT molecular complexity index is 321. The van der Waals surface area contributed by atoms with Crippen LogP contribution in [0.4, 0.5) is 26.3 Å². The fourth-order valence-corrected chi connectivity index (χ4v) is 4.67. The summed E-state index contributed by atoms with van der Waals surface area (Å²) in [6.07, 6.45) is -10.0. The zero-order chi connectivity index (χ0) is 16.0. The van der Waals surface area contributed by atoms with Gasteiger partial charge >= 0.3 is 125 Å². The first-order chi connectivity index (χ1) is 8.94. The van der Waals surface area contributed by atoms with Crippen LogP contribution in [0.2, 0.25) is 6.82 Å². The van der Waals surface area contributed by atoms with E-state index in [9.17, 15) is 35.9 Å². The fraction of sp³-hybridized carbons (Fsp3) is 0.600. The number of alkyl halides is 6. The average Bonchev–Trinajstić information content (AvgIpc) is 2.26. The van der Waals surface area contributed by atoms with Crippen LogP contribution >= 0.6 is 0 Å². The minimum atomic E-state index is -5.02. The summed E-state index contributed by atoms with van der Waals surface area (Å²) >= 11 is -5.05. The number of rotatable bonds is 6. The summed E-state index contributed by atoms with van der Waals surface area (Å²) in [7, 11) is -1.09. The van der Waals surface area contributed by atoms with Gasteiger partial charge in [0, 0.05) is 0 Å². The van der Waals surface area contributed by atoms with Crippen LogP contribution in [0.15, 0.2) is 0 Å². The van der Waals surface area contributed by atoms with Crippen LogP contribution in [-0.4, -0.2) is 31.3 Å². The monoisotopic (exact) mass is 410 g/mol. The SMILES string of the molecule is CB([O][Zn][NH]C(=O)C(F)(F)F)[O][Zn][NH]C(=O)C(F)(F)F. The molecule has 2 N–H and O–H groups in total. The topological polar surface area (TPSA) is 76.7 Å². The van der Waals surface area contributed by atoms with Gasteiger partial charge in [-0.2, -0.15) is 0 Å². The van der Waals surface area contributed by atoms with E-state index in [1.807, 2.05) is 0 Å². The van der Waals surface area contributed by atoms with Crippen molar-refractivity contribution in [3.63, 3.8) is 0 Å². The first-order valence-corrected chi connectivity index (χ1v) is 10.3.